The second kappa shape index (κ2) is 23.0. The van der Waals surface area contributed by atoms with Gasteiger partial charge in [0.1, 0.15) is 42.6 Å². The number of hydrogen-bond donors (Lipinski definition) is 9. The molecular formula is C43H66N8O11. The van der Waals surface area contributed by atoms with Crippen molar-refractivity contribution in [2.45, 2.75) is 154 Å². The molecule has 0 aliphatic carbocycles. The number of carbonyl (C=O) groups excluding carboxylic acids is 7. The normalized spacial score (nSPS) is 27.1. The van der Waals surface area contributed by atoms with Crippen molar-refractivity contribution in [2.24, 2.45) is 5.92 Å². The minimum absolute atomic E-state index is 0.0337. The van der Waals surface area contributed by atoms with Crippen molar-refractivity contribution in [1.82, 2.24) is 42.1 Å². The van der Waals surface area contributed by atoms with Gasteiger partial charge in [0.25, 0.3) is 0 Å². The van der Waals surface area contributed by atoms with Gasteiger partial charge < -0.3 is 52.2 Å². The smallest absolute Gasteiger partial charge is 0.305 e. The van der Waals surface area contributed by atoms with E-state index in [-0.39, 0.29) is 38.3 Å². The third-order valence-electron chi connectivity index (χ3n) is 10.2. The van der Waals surface area contributed by atoms with Crippen LogP contribution in [0.25, 0.3) is 0 Å². The first kappa shape index (κ1) is 50.8. The molecule has 7 amide bonds. The Labute approximate surface area is 363 Å². The van der Waals surface area contributed by atoms with Crippen molar-refractivity contribution in [1.29, 1.82) is 0 Å². The topological polar surface area (TPSA) is 274 Å². The fourth-order valence-corrected chi connectivity index (χ4v) is 7.44. The minimum atomic E-state index is -1.74. The molecule has 62 heavy (non-hydrogen) atoms. The number of amides is 7. The van der Waals surface area contributed by atoms with Gasteiger partial charge in [-0.3, -0.25) is 43.3 Å². The molecule has 344 valence electrons. The Hall–Kier alpha value is -5.56. The van der Waals surface area contributed by atoms with Gasteiger partial charge in [-0.25, -0.2) is 0 Å². The molecule has 2 fully saturated rings. The van der Waals surface area contributed by atoms with Crippen LogP contribution in [0.3, 0.4) is 0 Å². The number of aliphatic hydroxyl groups excluding tert-OH is 1. The molecule has 19 heteroatoms. The van der Waals surface area contributed by atoms with Crippen molar-refractivity contribution in [3.05, 3.63) is 42.5 Å². The Kier molecular flexibility index (Phi) is 18.9. The maximum absolute atomic E-state index is 14.4. The summed E-state index contributed by atoms with van der Waals surface area (Å²) in [6.45, 7) is 17.4. The fourth-order valence-electron chi connectivity index (χ4n) is 7.44. The average molecular weight is 871 g/mol. The highest BCUT2D eigenvalue weighted by Crippen LogP contribution is 2.24. The number of nitrogens with one attached hydrogen (secondary N) is 7. The number of carboxylic acids is 1. The van der Waals surface area contributed by atoms with Crippen LogP contribution in [0.1, 0.15) is 93.1 Å². The van der Waals surface area contributed by atoms with E-state index in [1.807, 2.05) is 0 Å². The van der Waals surface area contributed by atoms with Crippen LogP contribution in [0.4, 0.5) is 0 Å². The number of carbonyl (C=O) groups is 8. The predicted octanol–water partition coefficient (Wildman–Crippen LogP) is -0.204. The Morgan fingerprint density at radius 2 is 1.48 bits per heavy atom. The number of aliphatic hydroxyl groups is 1. The van der Waals surface area contributed by atoms with Crippen LogP contribution in [-0.2, 0) is 44.8 Å². The largest absolute Gasteiger partial charge is 0.490 e. The number of ether oxygens (including phenoxy) is 1. The van der Waals surface area contributed by atoms with Crippen LogP contribution in [-0.4, -0.2) is 136 Å². The Morgan fingerprint density at radius 1 is 0.871 bits per heavy atom. The second-order valence-electron chi connectivity index (χ2n) is 17.6. The van der Waals surface area contributed by atoms with E-state index < -0.39 is 114 Å². The van der Waals surface area contributed by atoms with Crippen molar-refractivity contribution in [2.75, 3.05) is 13.2 Å². The summed E-state index contributed by atoms with van der Waals surface area (Å²) in [6.07, 6.45) is -0.248. The molecule has 19 nitrogen and oxygen atoms in total. The van der Waals surface area contributed by atoms with E-state index >= 15 is 0 Å². The monoisotopic (exact) mass is 870 g/mol. The molecule has 2 aliphatic rings. The van der Waals surface area contributed by atoms with E-state index in [4.69, 9.17) is 4.74 Å². The molecule has 0 saturated carbocycles. The van der Waals surface area contributed by atoms with Crippen molar-refractivity contribution in [3.63, 3.8) is 0 Å². The molecule has 0 unspecified atom stereocenters. The quantitative estimate of drug-likeness (QED) is 0.131. The van der Waals surface area contributed by atoms with Gasteiger partial charge in [-0.2, -0.15) is 0 Å². The molecule has 2 aliphatic heterocycles. The summed E-state index contributed by atoms with van der Waals surface area (Å²) in [7, 11) is 0. The number of hydrogen-bond acceptors (Lipinski definition) is 11. The van der Waals surface area contributed by atoms with Gasteiger partial charge in [-0.1, -0.05) is 38.6 Å². The first-order valence-electron chi connectivity index (χ1n) is 21.1. The molecule has 9 N–H and O–H groups in total. The molecule has 1 aromatic carbocycles. The second-order valence-corrected chi connectivity index (χ2v) is 17.6. The summed E-state index contributed by atoms with van der Waals surface area (Å²) in [5, 5.41) is 39.1. The van der Waals surface area contributed by atoms with Crippen LogP contribution >= 0.6 is 0 Å². The first-order valence-corrected chi connectivity index (χ1v) is 21.1. The van der Waals surface area contributed by atoms with Crippen LogP contribution in [0.5, 0.6) is 5.75 Å². The lowest BCUT2D eigenvalue weighted by Gasteiger charge is -2.38. The molecule has 0 radical (unpaired) electrons. The summed E-state index contributed by atoms with van der Waals surface area (Å²) in [4.78, 5) is 111. The Balaban J connectivity index is 2.12. The average Bonchev–Trinajstić information content (AvgIpc) is 3.63. The molecule has 2 heterocycles. The van der Waals surface area contributed by atoms with E-state index in [9.17, 15) is 48.6 Å². The van der Waals surface area contributed by atoms with Gasteiger partial charge in [0.2, 0.25) is 41.4 Å². The van der Waals surface area contributed by atoms with Crippen molar-refractivity contribution in [3.8, 4) is 5.75 Å². The molecule has 2 saturated heterocycles. The number of carboxylic acid groups (broad SMARTS) is 1. The van der Waals surface area contributed by atoms with Crippen LogP contribution in [0, 0.1) is 5.92 Å². The lowest BCUT2D eigenvalue weighted by molar-refractivity contribution is -0.142. The fraction of sp³-hybridized carbons (Fsp3) is 0.628. The molecule has 0 bridgehead atoms. The molecule has 1 aromatic rings. The van der Waals surface area contributed by atoms with Gasteiger partial charge in [-0.15, -0.1) is 0 Å². The molecule has 0 aromatic heterocycles. The standard InChI is InChI=1S/C43H66N8O11/c1-10-18-62-28-15-13-27(14-16-28)21-30-37(56)44-24(4)20-33(53)46-29(19-23(2)3)38(57)47-31(22-34(54)55)39(58)49-35(26(6)52)41(60)45-25(5)36(42(61)50-43(7,8)9)51-17-11-12-32(51)40(59)48-30/h10,13-16,23-26,29-32,35-36,52H,1,11-12,17-22H2,2-9H3,(H,44,56)(H,45,60)(H,46,53)(H,47,57)(H,48,59)(H,49,58)(H,50,61)(H,54,55)/t24-,25-,26+,29-,30-,31-,32-,35-,36-/m0/s1. The number of aliphatic carboxylic acids is 1. The van der Waals surface area contributed by atoms with E-state index in [2.05, 4.69) is 43.8 Å². The summed E-state index contributed by atoms with van der Waals surface area (Å²) < 4.78 is 5.59. The maximum atomic E-state index is 14.4. The van der Waals surface area contributed by atoms with E-state index in [1.165, 1.54) is 13.8 Å². The number of rotatable bonds is 11. The summed E-state index contributed by atoms with van der Waals surface area (Å²) >= 11 is 0. The van der Waals surface area contributed by atoms with E-state index in [0.717, 1.165) is 0 Å². The van der Waals surface area contributed by atoms with Gasteiger partial charge in [0.15, 0.2) is 0 Å². The lowest BCUT2D eigenvalue weighted by Crippen LogP contribution is -2.65. The maximum Gasteiger partial charge on any atom is 0.305 e. The highest BCUT2D eigenvalue weighted by atomic mass is 16.5. The predicted molar refractivity (Wildman–Crippen MR) is 228 cm³/mol. The van der Waals surface area contributed by atoms with Gasteiger partial charge in [0, 0.05) is 24.4 Å². The molecular weight excluding hydrogens is 805 g/mol. The number of fused-ring (bicyclic) bond motifs is 1. The molecule has 0 spiro atoms. The highest BCUT2D eigenvalue weighted by molar-refractivity contribution is 5.97. The zero-order chi connectivity index (χ0) is 46.5. The Morgan fingerprint density at radius 3 is 2.06 bits per heavy atom. The van der Waals surface area contributed by atoms with Crippen molar-refractivity contribution >= 4 is 47.3 Å². The zero-order valence-corrected chi connectivity index (χ0v) is 37.0. The van der Waals surface area contributed by atoms with Gasteiger partial charge in [0.05, 0.1) is 24.6 Å². The van der Waals surface area contributed by atoms with Gasteiger partial charge >= 0.3 is 5.97 Å². The minimum Gasteiger partial charge on any atom is -0.490 e. The SMILES string of the molecule is C=CCOc1ccc(C[C@@H]2NC(=O)[C@@H]3CCCN3[C@H](C(=O)NC(C)(C)C)[C@H](C)NC(=O)[C@H]([C@@H](C)O)NC(=O)[C@H](CC(=O)O)NC(=O)[C@H](CC(C)C)NC(=O)C[C@H](C)NC2=O)cc1. The zero-order valence-electron chi connectivity index (χ0n) is 37.0. The number of benzene rings is 1. The summed E-state index contributed by atoms with van der Waals surface area (Å²) in [6, 6.07) is -2.86. The first-order chi connectivity index (χ1) is 29.0. The lowest BCUT2D eigenvalue weighted by atomic mass is 10.0. The summed E-state index contributed by atoms with van der Waals surface area (Å²) in [5.74, 6) is -6.31. The highest BCUT2D eigenvalue weighted by Gasteiger charge is 2.44. The van der Waals surface area contributed by atoms with Crippen LogP contribution < -0.4 is 42.0 Å². The van der Waals surface area contributed by atoms with Crippen molar-refractivity contribution < 1.29 is 53.3 Å². The summed E-state index contributed by atoms with van der Waals surface area (Å²) in [5.41, 5.74) is -0.0652. The number of nitrogens with zero attached hydrogens (tertiary/aromatic N) is 1. The van der Waals surface area contributed by atoms with E-state index in [0.29, 0.717) is 24.2 Å². The third-order valence-corrected chi connectivity index (χ3v) is 10.2. The molecule has 3 rings (SSSR count). The Bertz CT molecular complexity index is 1780. The van der Waals surface area contributed by atoms with E-state index in [1.54, 1.807) is 76.8 Å². The van der Waals surface area contributed by atoms with Crippen LogP contribution in [0.2, 0.25) is 0 Å². The third kappa shape index (κ3) is 15.7. The molecule has 9 atom stereocenters. The van der Waals surface area contributed by atoms with Crippen LogP contribution in [0.15, 0.2) is 36.9 Å². The van der Waals surface area contributed by atoms with Gasteiger partial charge in [-0.05, 0) is 91.0 Å².